The molecular formula is C11H10N2O2. The number of rotatable bonds is 1. The molecule has 0 unspecified atom stereocenters. The Hall–Kier alpha value is -1.83. The van der Waals surface area contributed by atoms with Crippen LogP contribution >= 0.6 is 0 Å². The lowest BCUT2D eigenvalue weighted by atomic mass is 10.1. The molecule has 15 heavy (non-hydrogen) atoms. The van der Waals surface area contributed by atoms with Crippen LogP contribution in [0, 0.1) is 18.3 Å². The van der Waals surface area contributed by atoms with E-state index in [1.807, 2.05) is 6.92 Å². The molecule has 3 N–H and O–H groups in total. The first kappa shape index (κ1) is 9.71. The van der Waals surface area contributed by atoms with E-state index in [9.17, 15) is 0 Å². The van der Waals surface area contributed by atoms with E-state index in [0.29, 0.717) is 11.3 Å². The summed E-state index contributed by atoms with van der Waals surface area (Å²) in [7, 11) is 0. The third-order valence-electron chi connectivity index (χ3n) is 2.37. The molecule has 1 heterocycles. The van der Waals surface area contributed by atoms with Crippen LogP contribution in [0.15, 0.2) is 18.2 Å². The zero-order valence-electron chi connectivity index (χ0n) is 8.15. The van der Waals surface area contributed by atoms with Crippen LogP contribution in [0.25, 0.3) is 10.9 Å². The number of hydrogen-bond donors (Lipinski definition) is 3. The number of fused-ring (bicyclic) bond motifs is 1. The Bertz CT molecular complexity index is 549. The van der Waals surface area contributed by atoms with Crippen molar-refractivity contribution >= 4 is 10.9 Å². The van der Waals surface area contributed by atoms with Crippen LogP contribution in [-0.2, 0) is 0 Å². The predicted octanol–water partition coefficient (Wildman–Crippen LogP) is 1.33. The van der Waals surface area contributed by atoms with Gasteiger partial charge in [0.1, 0.15) is 0 Å². The smallest absolute Gasteiger partial charge is 0.193 e. The average Bonchev–Trinajstić information content (AvgIpc) is 2.61. The highest BCUT2D eigenvalue weighted by molar-refractivity contribution is 5.85. The van der Waals surface area contributed by atoms with Crippen LogP contribution in [0.4, 0.5) is 0 Å². The van der Waals surface area contributed by atoms with E-state index in [2.05, 4.69) is 11.1 Å². The minimum Gasteiger partial charge on any atom is -0.363 e. The third-order valence-corrected chi connectivity index (χ3v) is 2.37. The van der Waals surface area contributed by atoms with Gasteiger partial charge in [-0.25, -0.2) is 0 Å². The van der Waals surface area contributed by atoms with Crippen LogP contribution in [-0.4, -0.2) is 15.2 Å². The number of H-pyrrole nitrogens is 1. The molecule has 0 saturated carbocycles. The number of hydrogen-bond acceptors (Lipinski definition) is 3. The Morgan fingerprint density at radius 1 is 1.33 bits per heavy atom. The lowest BCUT2D eigenvalue weighted by Gasteiger charge is -1.96. The first-order chi connectivity index (χ1) is 7.11. The Balaban J connectivity index is 2.71. The van der Waals surface area contributed by atoms with Crippen molar-refractivity contribution in [1.82, 2.24) is 4.98 Å². The van der Waals surface area contributed by atoms with Crippen LogP contribution < -0.4 is 0 Å². The molecule has 4 nitrogen and oxygen atoms in total. The van der Waals surface area contributed by atoms with Gasteiger partial charge in [0.05, 0.1) is 17.3 Å². The Labute approximate surface area is 86.4 Å². The summed E-state index contributed by atoms with van der Waals surface area (Å²) in [4.78, 5) is 2.86. The lowest BCUT2D eigenvalue weighted by molar-refractivity contribution is -0.0453. The zero-order valence-corrected chi connectivity index (χ0v) is 8.15. The van der Waals surface area contributed by atoms with Gasteiger partial charge in [0.25, 0.3) is 0 Å². The topological polar surface area (TPSA) is 80.0 Å². The fourth-order valence-electron chi connectivity index (χ4n) is 1.64. The van der Waals surface area contributed by atoms with Crippen molar-refractivity contribution in [3.05, 3.63) is 35.0 Å². The molecule has 2 aromatic rings. The van der Waals surface area contributed by atoms with Gasteiger partial charge in [-0.15, -0.1) is 0 Å². The molecule has 1 aromatic heterocycles. The molecule has 0 aliphatic carbocycles. The maximum Gasteiger partial charge on any atom is 0.193 e. The van der Waals surface area contributed by atoms with Crippen molar-refractivity contribution in [3.8, 4) is 6.07 Å². The molecule has 76 valence electrons. The van der Waals surface area contributed by atoms with E-state index < -0.39 is 6.29 Å². The van der Waals surface area contributed by atoms with Gasteiger partial charge in [-0.2, -0.15) is 5.26 Å². The number of nitriles is 1. The second-order valence-electron chi connectivity index (χ2n) is 3.46. The zero-order chi connectivity index (χ0) is 11.0. The second-order valence-corrected chi connectivity index (χ2v) is 3.46. The summed E-state index contributed by atoms with van der Waals surface area (Å²) in [5.74, 6) is 0. The van der Waals surface area contributed by atoms with Gasteiger partial charge >= 0.3 is 0 Å². The van der Waals surface area contributed by atoms with Gasteiger partial charge in [-0.3, -0.25) is 0 Å². The molecule has 0 atom stereocenters. The van der Waals surface area contributed by atoms with Gasteiger partial charge in [0.15, 0.2) is 6.29 Å². The maximum absolute atomic E-state index is 9.00. The molecule has 2 rings (SSSR count). The van der Waals surface area contributed by atoms with E-state index in [0.717, 1.165) is 16.5 Å². The summed E-state index contributed by atoms with van der Waals surface area (Å²) in [6.07, 6.45) is -1.51. The molecule has 0 radical (unpaired) electrons. The number of nitrogens with zero attached hydrogens (tertiary/aromatic N) is 1. The van der Waals surface area contributed by atoms with Crippen LogP contribution in [0.3, 0.4) is 0 Å². The normalized spacial score (nSPS) is 10.9. The molecule has 1 aromatic carbocycles. The van der Waals surface area contributed by atoms with Crippen molar-refractivity contribution in [3.63, 3.8) is 0 Å². The maximum atomic E-state index is 9.00. The van der Waals surface area contributed by atoms with Gasteiger partial charge in [-0.05, 0) is 30.7 Å². The molecule has 0 bridgehead atoms. The van der Waals surface area contributed by atoms with E-state index in [4.69, 9.17) is 15.5 Å². The highest BCUT2D eigenvalue weighted by atomic mass is 16.5. The Morgan fingerprint density at radius 2 is 2.07 bits per heavy atom. The molecular weight excluding hydrogens is 192 g/mol. The number of benzene rings is 1. The summed E-state index contributed by atoms with van der Waals surface area (Å²) >= 11 is 0. The van der Waals surface area contributed by atoms with Crippen molar-refractivity contribution in [2.24, 2.45) is 0 Å². The van der Waals surface area contributed by atoms with Crippen molar-refractivity contribution in [1.29, 1.82) is 5.26 Å². The molecule has 0 amide bonds. The van der Waals surface area contributed by atoms with Crippen LogP contribution in [0.2, 0.25) is 0 Å². The molecule has 0 fully saturated rings. The van der Waals surface area contributed by atoms with E-state index in [-0.39, 0.29) is 0 Å². The SMILES string of the molecule is Cc1cc(C#N)cc2[nH]c(C(O)O)cc12. The number of aliphatic hydroxyl groups excluding tert-OH is 1. The lowest BCUT2D eigenvalue weighted by Crippen LogP contribution is -1.93. The van der Waals surface area contributed by atoms with Crippen molar-refractivity contribution < 1.29 is 10.2 Å². The highest BCUT2D eigenvalue weighted by Gasteiger charge is 2.09. The highest BCUT2D eigenvalue weighted by Crippen LogP contribution is 2.23. The van der Waals surface area contributed by atoms with Gasteiger partial charge in [0.2, 0.25) is 0 Å². The Kier molecular flexibility index (Phi) is 2.19. The first-order valence-corrected chi connectivity index (χ1v) is 4.51. The fourth-order valence-corrected chi connectivity index (χ4v) is 1.64. The minimum absolute atomic E-state index is 0.336. The van der Waals surface area contributed by atoms with Crippen LogP contribution in [0.5, 0.6) is 0 Å². The number of aromatic amines is 1. The standard InChI is InChI=1S/C11H10N2O2/c1-6-2-7(5-12)3-9-8(6)4-10(13-9)11(14)15/h2-4,11,13-15H,1H3. The number of aliphatic hydroxyl groups is 2. The monoisotopic (exact) mass is 202 g/mol. The molecule has 4 heteroatoms. The second kappa shape index (κ2) is 3.39. The summed E-state index contributed by atoms with van der Waals surface area (Å²) < 4.78 is 0. The van der Waals surface area contributed by atoms with Gasteiger partial charge < -0.3 is 15.2 Å². The summed E-state index contributed by atoms with van der Waals surface area (Å²) in [5.41, 5.74) is 2.57. The predicted molar refractivity (Wildman–Crippen MR) is 54.9 cm³/mol. The fraction of sp³-hybridized carbons (Fsp3) is 0.182. The number of nitrogens with one attached hydrogen (secondary N) is 1. The number of aromatic nitrogens is 1. The van der Waals surface area contributed by atoms with E-state index >= 15 is 0 Å². The minimum atomic E-state index is -1.51. The van der Waals surface area contributed by atoms with Crippen molar-refractivity contribution in [2.45, 2.75) is 13.2 Å². The Morgan fingerprint density at radius 3 is 2.67 bits per heavy atom. The number of aryl methyl sites for hydroxylation is 1. The molecule has 0 aliphatic heterocycles. The van der Waals surface area contributed by atoms with Gasteiger partial charge in [0, 0.05) is 10.9 Å². The largest absolute Gasteiger partial charge is 0.363 e. The van der Waals surface area contributed by atoms with Crippen molar-refractivity contribution in [2.75, 3.05) is 0 Å². The molecule has 0 spiro atoms. The molecule has 0 saturated heterocycles. The summed E-state index contributed by atoms with van der Waals surface area (Å²) in [5, 5.41) is 27.7. The summed E-state index contributed by atoms with van der Waals surface area (Å²) in [6.45, 7) is 1.88. The third kappa shape index (κ3) is 1.59. The van der Waals surface area contributed by atoms with E-state index in [1.54, 1.807) is 18.2 Å². The van der Waals surface area contributed by atoms with E-state index in [1.165, 1.54) is 0 Å². The summed E-state index contributed by atoms with van der Waals surface area (Å²) in [6, 6.07) is 7.19. The van der Waals surface area contributed by atoms with Crippen LogP contribution in [0.1, 0.15) is 23.1 Å². The van der Waals surface area contributed by atoms with Gasteiger partial charge in [-0.1, -0.05) is 0 Å². The quantitative estimate of drug-likeness (QED) is 0.610. The first-order valence-electron chi connectivity index (χ1n) is 4.51. The molecule has 0 aliphatic rings. The average molecular weight is 202 g/mol.